The number of amidine groups is 1. The van der Waals surface area contributed by atoms with E-state index >= 15 is 0 Å². The van der Waals surface area contributed by atoms with Gasteiger partial charge in [-0.1, -0.05) is 40.2 Å². The number of hydrogen-bond acceptors (Lipinski definition) is 3. The fourth-order valence-electron chi connectivity index (χ4n) is 3.12. The van der Waals surface area contributed by atoms with E-state index in [0.29, 0.717) is 0 Å². The number of nitrogens with zero attached hydrogens (tertiary/aromatic N) is 1. The van der Waals surface area contributed by atoms with Crippen LogP contribution >= 0.6 is 15.9 Å². The molecule has 23 heavy (non-hydrogen) atoms. The first-order valence-corrected chi connectivity index (χ1v) is 8.63. The Morgan fingerprint density at radius 3 is 2.83 bits per heavy atom. The number of hydrogen-bond donors (Lipinski definition) is 1. The molecule has 2 heterocycles. The first-order chi connectivity index (χ1) is 11.3. The van der Waals surface area contributed by atoms with Crippen molar-refractivity contribution in [2.45, 2.75) is 12.8 Å². The Morgan fingerprint density at radius 1 is 1.09 bits per heavy atom. The zero-order chi connectivity index (χ0) is 15.6. The summed E-state index contributed by atoms with van der Waals surface area (Å²) in [4.78, 5) is 4.56. The highest BCUT2D eigenvalue weighted by Crippen LogP contribution is 2.26. The Bertz CT molecular complexity index is 882. The summed E-state index contributed by atoms with van der Waals surface area (Å²) in [5.41, 5.74) is 4.76. The van der Waals surface area contributed by atoms with Gasteiger partial charge in [-0.2, -0.15) is 0 Å². The second-order valence-corrected chi connectivity index (χ2v) is 6.63. The van der Waals surface area contributed by atoms with Crippen LogP contribution in [-0.2, 0) is 12.8 Å². The Morgan fingerprint density at radius 2 is 1.96 bits per heavy atom. The lowest BCUT2D eigenvalue weighted by Crippen LogP contribution is -2.21. The smallest absolute Gasteiger partial charge is 0.137 e. The molecule has 0 fully saturated rings. The summed E-state index contributed by atoms with van der Waals surface area (Å²) in [7, 11) is 0. The van der Waals surface area contributed by atoms with Crippen molar-refractivity contribution in [1.29, 1.82) is 0 Å². The van der Waals surface area contributed by atoms with Gasteiger partial charge >= 0.3 is 0 Å². The molecule has 0 amide bonds. The van der Waals surface area contributed by atoms with Crippen molar-refractivity contribution >= 4 is 32.7 Å². The molecule has 0 saturated heterocycles. The van der Waals surface area contributed by atoms with Gasteiger partial charge in [-0.15, -0.1) is 0 Å². The second kappa shape index (κ2) is 6.20. The fourth-order valence-corrected chi connectivity index (χ4v) is 3.64. The van der Waals surface area contributed by atoms with Gasteiger partial charge in [-0.05, 0) is 42.2 Å². The molecule has 0 spiro atoms. The van der Waals surface area contributed by atoms with Gasteiger partial charge < -0.3 is 9.73 Å². The van der Waals surface area contributed by atoms with Crippen LogP contribution in [0.4, 0.5) is 0 Å². The van der Waals surface area contributed by atoms with E-state index in [0.717, 1.165) is 47.2 Å². The maximum absolute atomic E-state index is 5.67. The average Bonchev–Trinajstić information content (AvgIpc) is 3.24. The minimum Gasteiger partial charge on any atom is -0.464 e. The highest BCUT2D eigenvalue weighted by molar-refractivity contribution is 9.10. The maximum Gasteiger partial charge on any atom is 0.137 e. The lowest BCUT2D eigenvalue weighted by molar-refractivity contribution is 0.610. The number of nitrogens with one attached hydrogen (secondary N) is 1. The third-order valence-corrected chi connectivity index (χ3v) is 4.66. The van der Waals surface area contributed by atoms with Crippen LogP contribution in [0.15, 0.2) is 62.6 Å². The third kappa shape index (κ3) is 2.91. The predicted molar refractivity (Wildman–Crippen MR) is 97.2 cm³/mol. The van der Waals surface area contributed by atoms with Crippen molar-refractivity contribution in [2.24, 2.45) is 4.99 Å². The van der Waals surface area contributed by atoms with Gasteiger partial charge in [0.2, 0.25) is 0 Å². The summed E-state index contributed by atoms with van der Waals surface area (Å²) in [6, 6.07) is 14.8. The number of benzene rings is 2. The summed E-state index contributed by atoms with van der Waals surface area (Å²) in [5, 5.41) is 4.51. The molecule has 3 aromatic rings. The topological polar surface area (TPSA) is 37.5 Å². The summed E-state index contributed by atoms with van der Waals surface area (Å²) in [6.07, 6.45) is 3.66. The van der Waals surface area contributed by atoms with E-state index in [9.17, 15) is 0 Å². The maximum atomic E-state index is 5.67. The van der Waals surface area contributed by atoms with Crippen LogP contribution < -0.4 is 5.32 Å². The van der Waals surface area contributed by atoms with Crippen molar-refractivity contribution in [3.63, 3.8) is 0 Å². The zero-order valence-corrected chi connectivity index (χ0v) is 14.3. The number of furan rings is 1. The van der Waals surface area contributed by atoms with Gasteiger partial charge in [0.05, 0.1) is 12.8 Å². The molecule has 0 atom stereocenters. The number of halogens is 1. The highest BCUT2D eigenvalue weighted by atomic mass is 79.9. The Kier molecular flexibility index (Phi) is 3.92. The van der Waals surface area contributed by atoms with Crippen LogP contribution in [0.3, 0.4) is 0 Å². The molecule has 0 unspecified atom stereocenters. The standard InChI is InChI=1S/C19H17BrN2O/c20-16-11-14(18-15(12-16)7-10-23-18)6-5-13-3-1-2-4-17(13)19-21-8-9-22-19/h1-4,7,10-12H,5-6,8-9H2,(H,21,22). The molecular formula is C19H17BrN2O. The average molecular weight is 369 g/mol. The summed E-state index contributed by atoms with van der Waals surface area (Å²) in [5.74, 6) is 1.03. The van der Waals surface area contributed by atoms with Gasteiger partial charge in [-0.25, -0.2) is 0 Å². The van der Waals surface area contributed by atoms with E-state index in [-0.39, 0.29) is 0 Å². The van der Waals surface area contributed by atoms with Crippen molar-refractivity contribution in [3.8, 4) is 0 Å². The molecule has 0 bridgehead atoms. The minimum absolute atomic E-state index is 0.863. The monoisotopic (exact) mass is 368 g/mol. The van der Waals surface area contributed by atoms with Crippen molar-refractivity contribution < 1.29 is 4.42 Å². The zero-order valence-electron chi connectivity index (χ0n) is 12.7. The van der Waals surface area contributed by atoms with Crippen LogP contribution in [0.2, 0.25) is 0 Å². The molecular weight excluding hydrogens is 352 g/mol. The molecule has 0 saturated carbocycles. The van der Waals surface area contributed by atoms with Gasteiger partial charge in [-0.3, -0.25) is 4.99 Å². The first-order valence-electron chi connectivity index (χ1n) is 7.83. The number of aryl methyl sites for hydroxylation is 2. The fraction of sp³-hybridized carbons (Fsp3) is 0.211. The van der Waals surface area contributed by atoms with Gasteiger partial charge in [0.1, 0.15) is 11.4 Å². The molecule has 1 aliphatic heterocycles. The molecule has 116 valence electrons. The third-order valence-electron chi connectivity index (χ3n) is 4.20. The second-order valence-electron chi connectivity index (χ2n) is 5.72. The van der Waals surface area contributed by atoms with Gasteiger partial charge in [0, 0.05) is 22.0 Å². The van der Waals surface area contributed by atoms with E-state index in [2.05, 4.69) is 62.6 Å². The van der Waals surface area contributed by atoms with Gasteiger partial charge in [0.15, 0.2) is 0 Å². The van der Waals surface area contributed by atoms with Crippen molar-refractivity contribution in [1.82, 2.24) is 5.32 Å². The highest BCUT2D eigenvalue weighted by Gasteiger charge is 2.13. The summed E-state index contributed by atoms with van der Waals surface area (Å²) in [6.45, 7) is 1.80. The van der Waals surface area contributed by atoms with Crippen LogP contribution in [0.5, 0.6) is 0 Å². The molecule has 0 aliphatic carbocycles. The normalized spacial score (nSPS) is 14.0. The first kappa shape index (κ1) is 14.5. The molecule has 4 heteroatoms. The lowest BCUT2D eigenvalue weighted by atomic mass is 9.98. The summed E-state index contributed by atoms with van der Waals surface area (Å²) < 4.78 is 6.76. The SMILES string of the molecule is Brc1cc(CCc2ccccc2C2=NCCN2)c2occc2c1. The number of rotatable bonds is 4. The van der Waals surface area contributed by atoms with Crippen LogP contribution in [0, 0.1) is 0 Å². The van der Waals surface area contributed by atoms with E-state index in [4.69, 9.17) is 4.42 Å². The van der Waals surface area contributed by atoms with Crippen LogP contribution in [0.1, 0.15) is 16.7 Å². The molecule has 3 nitrogen and oxygen atoms in total. The van der Waals surface area contributed by atoms with E-state index in [1.54, 1.807) is 6.26 Å². The molecule has 1 aromatic heterocycles. The number of aliphatic imine (C=N–C) groups is 1. The Hall–Kier alpha value is -2.07. The molecule has 1 N–H and O–H groups in total. The summed E-state index contributed by atoms with van der Waals surface area (Å²) >= 11 is 3.59. The van der Waals surface area contributed by atoms with Crippen molar-refractivity contribution in [2.75, 3.05) is 13.1 Å². The van der Waals surface area contributed by atoms with Crippen LogP contribution in [-0.4, -0.2) is 18.9 Å². The molecule has 4 rings (SSSR count). The quantitative estimate of drug-likeness (QED) is 0.743. The predicted octanol–water partition coefficient (Wildman–Crippen LogP) is 4.33. The lowest BCUT2D eigenvalue weighted by Gasteiger charge is -2.10. The van der Waals surface area contributed by atoms with Gasteiger partial charge in [0.25, 0.3) is 0 Å². The molecule has 2 aromatic carbocycles. The Balaban J connectivity index is 1.63. The van der Waals surface area contributed by atoms with E-state index in [1.165, 1.54) is 16.7 Å². The van der Waals surface area contributed by atoms with E-state index in [1.807, 2.05) is 6.07 Å². The van der Waals surface area contributed by atoms with Crippen LogP contribution in [0.25, 0.3) is 11.0 Å². The van der Waals surface area contributed by atoms with E-state index < -0.39 is 0 Å². The molecule has 0 radical (unpaired) electrons. The number of fused-ring (bicyclic) bond motifs is 1. The van der Waals surface area contributed by atoms with Crippen molar-refractivity contribution in [3.05, 3.63) is 69.9 Å². The Labute approximate surface area is 143 Å². The largest absolute Gasteiger partial charge is 0.464 e. The molecule has 1 aliphatic rings. The minimum atomic E-state index is 0.863.